The highest BCUT2D eigenvalue weighted by molar-refractivity contribution is 6.45. The molecule has 1 aliphatic rings. The fourth-order valence-corrected chi connectivity index (χ4v) is 5.65. The van der Waals surface area contributed by atoms with Crippen LogP contribution < -0.4 is 5.43 Å². The maximum Gasteiger partial charge on any atom is 0.457 e. The number of nitrogens with one attached hydrogen (secondary N) is 1. The second-order valence-electron chi connectivity index (χ2n) is 14.0. The number of phenolic OH excluding ortho intramolecular Hbond substituents is 1. The van der Waals surface area contributed by atoms with E-state index in [1.165, 1.54) is 5.01 Å². The lowest BCUT2D eigenvalue weighted by Crippen LogP contribution is -2.56. The van der Waals surface area contributed by atoms with Crippen molar-refractivity contribution in [2.75, 3.05) is 0 Å². The number of hydrogen-bond donors (Lipinski definition) is 2. The normalized spacial score (nSPS) is 16.8. The van der Waals surface area contributed by atoms with Crippen molar-refractivity contribution in [3.8, 4) is 5.75 Å². The summed E-state index contributed by atoms with van der Waals surface area (Å²) in [5, 5.41) is 12.6. The van der Waals surface area contributed by atoms with Crippen LogP contribution in [0.4, 0.5) is 0 Å². The average molecular weight is 579 g/mol. The van der Waals surface area contributed by atoms with Gasteiger partial charge in [-0.3, -0.25) is 15.0 Å². The monoisotopic (exact) mass is 578 g/mol. The van der Waals surface area contributed by atoms with E-state index in [0.29, 0.717) is 29.4 Å². The molecule has 1 atom stereocenters. The Hall–Kier alpha value is -2.84. The summed E-state index contributed by atoms with van der Waals surface area (Å²) < 4.78 is 12.2. The molecule has 2 N–H and O–H groups in total. The van der Waals surface area contributed by atoms with Crippen molar-refractivity contribution in [3.63, 3.8) is 0 Å². The number of rotatable bonds is 9. The van der Waals surface area contributed by atoms with E-state index in [1.807, 2.05) is 59.7 Å². The van der Waals surface area contributed by atoms with Crippen LogP contribution in [0.1, 0.15) is 118 Å². The minimum absolute atomic E-state index is 0.102. The predicted molar refractivity (Wildman–Crippen MR) is 170 cm³/mol. The van der Waals surface area contributed by atoms with Crippen molar-refractivity contribution in [1.82, 2.24) is 10.4 Å². The highest BCUT2D eigenvalue weighted by Crippen LogP contribution is 2.38. The molecule has 2 aromatic rings. The molecule has 8 heteroatoms. The zero-order valence-corrected chi connectivity index (χ0v) is 27.6. The zero-order valence-electron chi connectivity index (χ0n) is 27.6. The molecular weight excluding hydrogens is 527 g/mol. The first-order chi connectivity index (χ1) is 19.4. The first-order valence-corrected chi connectivity index (χ1v) is 15.3. The van der Waals surface area contributed by atoms with E-state index in [2.05, 4.69) is 33.1 Å². The van der Waals surface area contributed by atoms with Gasteiger partial charge >= 0.3 is 7.12 Å². The van der Waals surface area contributed by atoms with Gasteiger partial charge in [-0.1, -0.05) is 63.8 Å². The molecule has 1 heterocycles. The molecule has 0 bridgehead atoms. The fourth-order valence-electron chi connectivity index (χ4n) is 5.65. The van der Waals surface area contributed by atoms with E-state index < -0.39 is 5.91 Å². The number of benzene rings is 2. The lowest BCUT2D eigenvalue weighted by atomic mass is 9.81. The van der Waals surface area contributed by atoms with Crippen molar-refractivity contribution < 1.29 is 24.0 Å². The quantitative estimate of drug-likeness (QED) is 0.240. The van der Waals surface area contributed by atoms with E-state index in [-0.39, 0.29) is 41.4 Å². The van der Waals surface area contributed by atoms with Gasteiger partial charge in [0.25, 0.3) is 11.8 Å². The molecule has 0 spiro atoms. The summed E-state index contributed by atoms with van der Waals surface area (Å²) >= 11 is 0. The summed E-state index contributed by atoms with van der Waals surface area (Å²) in [5.74, 6) is -0.566. The first kappa shape index (κ1) is 33.7. The lowest BCUT2D eigenvalue weighted by Gasteiger charge is -2.40. The highest BCUT2D eigenvalue weighted by atomic mass is 16.7. The molecule has 1 fully saturated rings. The number of carbonyl (C=O) groups excluding carboxylic acids is 2. The maximum absolute atomic E-state index is 13.9. The number of hydrogen-bond acceptors (Lipinski definition) is 5. The minimum atomic E-state index is -0.422. The van der Waals surface area contributed by atoms with Crippen LogP contribution in [0.3, 0.4) is 0 Å². The summed E-state index contributed by atoms with van der Waals surface area (Å²) in [6.07, 6.45) is 3.67. The number of amides is 2. The largest absolute Gasteiger partial charge is 0.507 e. The van der Waals surface area contributed by atoms with E-state index in [1.54, 1.807) is 19.1 Å². The van der Waals surface area contributed by atoms with E-state index in [4.69, 9.17) is 9.31 Å². The first-order valence-electron chi connectivity index (χ1n) is 15.3. The molecule has 0 saturated carbocycles. The Bertz CT molecular complexity index is 1260. The van der Waals surface area contributed by atoms with E-state index in [9.17, 15) is 14.7 Å². The summed E-state index contributed by atoms with van der Waals surface area (Å²) in [6.45, 7) is 22.1. The molecule has 42 heavy (non-hydrogen) atoms. The molecule has 0 radical (unpaired) electrons. The number of nitrogens with zero attached hydrogens (tertiary/aromatic N) is 1. The standard InChI is InChI=1S/C34H51BN2O5/c1-12-14-28(32(5,6)7)37(31(40)26-20-22(2)19-23(3)21-26)36-30(39)27-17-16-25(29(38)24(27)4)15-13-18-35-41-33(8,9)34(10,11)42-35/h16-17,19-21,28,38H,12-15,18H2,1-11H3,(H,36,39)/t28-/m1/s1. The average Bonchev–Trinajstić information content (AvgIpc) is 3.07. The third-order valence-electron chi connectivity index (χ3n) is 8.73. The molecule has 0 aliphatic carbocycles. The van der Waals surface area contributed by atoms with E-state index >= 15 is 0 Å². The molecule has 3 rings (SSSR count). The van der Waals surface area contributed by atoms with Crippen LogP contribution in [0.5, 0.6) is 5.75 Å². The Morgan fingerprint density at radius 3 is 2.10 bits per heavy atom. The molecule has 230 valence electrons. The number of phenols is 1. The van der Waals surface area contributed by atoms with Crippen LogP contribution in [0.15, 0.2) is 30.3 Å². The van der Waals surface area contributed by atoms with Crippen molar-refractivity contribution in [2.45, 2.75) is 125 Å². The second-order valence-corrected chi connectivity index (χ2v) is 14.0. The Kier molecular flexibility index (Phi) is 10.3. The third kappa shape index (κ3) is 7.56. The zero-order chi connectivity index (χ0) is 31.6. The highest BCUT2D eigenvalue weighted by Gasteiger charge is 2.50. The summed E-state index contributed by atoms with van der Waals surface area (Å²) in [6, 6.07) is 9.04. The number of aromatic hydroxyl groups is 1. The van der Waals surface area contributed by atoms with Gasteiger partial charge in [0.1, 0.15) is 5.75 Å². The van der Waals surface area contributed by atoms with Gasteiger partial charge in [-0.05, 0) is 96.8 Å². The van der Waals surface area contributed by atoms with Crippen LogP contribution in [0.2, 0.25) is 6.32 Å². The van der Waals surface area contributed by atoms with Gasteiger partial charge in [-0.25, -0.2) is 5.01 Å². The van der Waals surface area contributed by atoms with Crippen LogP contribution in [0, 0.1) is 26.2 Å². The van der Waals surface area contributed by atoms with Gasteiger partial charge in [0.2, 0.25) is 0 Å². The molecule has 7 nitrogen and oxygen atoms in total. The smallest absolute Gasteiger partial charge is 0.457 e. The van der Waals surface area contributed by atoms with Crippen LogP contribution >= 0.6 is 0 Å². The van der Waals surface area contributed by atoms with E-state index in [0.717, 1.165) is 36.0 Å². The molecule has 0 unspecified atom stereocenters. The SMILES string of the molecule is CCC[C@@H](N(NC(=O)c1ccc(CCCB2OC(C)(C)C(C)(C)O2)c(O)c1C)C(=O)c1cc(C)cc(C)c1)C(C)(C)C. The van der Waals surface area contributed by atoms with Crippen molar-refractivity contribution in [3.05, 3.63) is 63.7 Å². The number of carbonyl (C=O) groups is 2. The van der Waals surface area contributed by atoms with Gasteiger partial charge < -0.3 is 14.4 Å². The molecule has 1 aliphatic heterocycles. The number of aryl methyl sites for hydroxylation is 3. The summed E-state index contributed by atoms with van der Waals surface area (Å²) in [7, 11) is -0.289. The maximum atomic E-state index is 13.9. The Balaban J connectivity index is 1.81. The molecule has 0 aromatic heterocycles. The van der Waals surface area contributed by atoms with Crippen LogP contribution in [-0.4, -0.2) is 46.3 Å². The lowest BCUT2D eigenvalue weighted by molar-refractivity contribution is 0.00578. The van der Waals surface area contributed by atoms with Crippen molar-refractivity contribution >= 4 is 18.9 Å². The van der Waals surface area contributed by atoms with Crippen molar-refractivity contribution in [2.24, 2.45) is 5.41 Å². The van der Waals surface area contributed by atoms with Gasteiger partial charge in [0.05, 0.1) is 17.2 Å². The third-order valence-corrected chi connectivity index (χ3v) is 8.73. The Labute approximate surface area is 253 Å². The van der Waals surface area contributed by atoms with Crippen LogP contribution in [-0.2, 0) is 15.7 Å². The van der Waals surface area contributed by atoms with Gasteiger partial charge in [0.15, 0.2) is 0 Å². The topological polar surface area (TPSA) is 88.1 Å². The molecule has 2 aromatic carbocycles. The van der Waals surface area contributed by atoms with Gasteiger partial charge in [-0.15, -0.1) is 0 Å². The molecule has 1 saturated heterocycles. The molecule has 2 amide bonds. The number of hydrazine groups is 1. The summed E-state index contributed by atoms with van der Waals surface area (Å²) in [4.78, 5) is 27.6. The van der Waals surface area contributed by atoms with Gasteiger partial charge in [-0.2, -0.15) is 0 Å². The van der Waals surface area contributed by atoms with Gasteiger partial charge in [0, 0.05) is 16.7 Å². The Morgan fingerprint density at radius 1 is 1.00 bits per heavy atom. The Morgan fingerprint density at radius 2 is 1.57 bits per heavy atom. The van der Waals surface area contributed by atoms with Crippen molar-refractivity contribution in [1.29, 1.82) is 0 Å². The van der Waals surface area contributed by atoms with Crippen LogP contribution in [0.25, 0.3) is 0 Å². The fraction of sp³-hybridized carbons (Fsp3) is 0.588. The predicted octanol–water partition coefficient (Wildman–Crippen LogP) is 7.34. The second kappa shape index (κ2) is 12.8. The minimum Gasteiger partial charge on any atom is -0.507 e. The summed E-state index contributed by atoms with van der Waals surface area (Å²) in [5.41, 5.74) is 6.02. The molecular formula is C34H51BN2O5.